The van der Waals surface area contributed by atoms with E-state index in [-0.39, 0.29) is 18.0 Å². The molecule has 2 aliphatic heterocycles. The number of hydrogen-bond acceptors (Lipinski definition) is 6. The molecular formula is C13H12N4O4S. The van der Waals surface area contributed by atoms with Gasteiger partial charge in [-0.25, -0.2) is 4.79 Å². The van der Waals surface area contributed by atoms with Gasteiger partial charge in [-0.3, -0.25) is 18.9 Å². The molecule has 0 bridgehead atoms. The van der Waals surface area contributed by atoms with Gasteiger partial charge in [-0.1, -0.05) is 0 Å². The Balaban J connectivity index is 1.65. The van der Waals surface area contributed by atoms with Gasteiger partial charge in [0.15, 0.2) is 4.96 Å². The lowest BCUT2D eigenvalue weighted by molar-refractivity contribution is 0.0609. The minimum absolute atomic E-state index is 0.110. The third-order valence-corrected chi connectivity index (χ3v) is 4.69. The van der Waals surface area contributed by atoms with Crippen molar-refractivity contribution in [3.63, 3.8) is 0 Å². The van der Waals surface area contributed by atoms with E-state index < -0.39 is 5.56 Å². The number of carbonyl (C=O) groups is 2. The van der Waals surface area contributed by atoms with Crippen molar-refractivity contribution >= 4 is 28.3 Å². The zero-order valence-electron chi connectivity index (χ0n) is 11.5. The molecule has 22 heavy (non-hydrogen) atoms. The summed E-state index contributed by atoms with van der Waals surface area (Å²) in [4.78, 5) is 43.5. The Morgan fingerprint density at radius 2 is 2.23 bits per heavy atom. The van der Waals surface area contributed by atoms with Crippen molar-refractivity contribution in [2.24, 2.45) is 0 Å². The molecule has 2 amide bonds. The molecule has 2 aromatic heterocycles. The third kappa shape index (κ3) is 1.97. The van der Waals surface area contributed by atoms with Crippen LogP contribution in [0, 0.1) is 0 Å². The van der Waals surface area contributed by atoms with Crippen molar-refractivity contribution in [3.05, 3.63) is 33.7 Å². The first kappa shape index (κ1) is 13.3. The second-order valence-corrected chi connectivity index (χ2v) is 6.08. The van der Waals surface area contributed by atoms with Crippen LogP contribution in [-0.4, -0.2) is 63.5 Å². The van der Waals surface area contributed by atoms with Crippen molar-refractivity contribution in [3.8, 4) is 0 Å². The highest BCUT2D eigenvalue weighted by Gasteiger charge is 2.39. The first-order valence-electron chi connectivity index (χ1n) is 6.83. The molecular weight excluding hydrogens is 308 g/mol. The van der Waals surface area contributed by atoms with Crippen molar-refractivity contribution in [2.75, 3.05) is 26.2 Å². The highest BCUT2D eigenvalue weighted by molar-refractivity contribution is 7.15. The van der Waals surface area contributed by atoms with E-state index in [1.54, 1.807) is 25.8 Å². The highest BCUT2D eigenvalue weighted by Crippen LogP contribution is 2.19. The van der Waals surface area contributed by atoms with Crippen LogP contribution in [0.2, 0.25) is 0 Å². The molecule has 114 valence electrons. The Morgan fingerprint density at radius 3 is 3.09 bits per heavy atom. The standard InChI is InChI=1S/C13H12N4O4S/c18-10-5-9(17-3-4-22-12(17)14-10)11(19)15-1-2-16-8(6-15)7-21-13(16)20/h3-5,8H,1-2,6-7H2. The summed E-state index contributed by atoms with van der Waals surface area (Å²) in [6.45, 7) is 1.58. The SMILES string of the molecule is O=C(c1cc(=O)nc2sccn12)N1CCN2C(=O)OCC2C1. The molecule has 4 heterocycles. The summed E-state index contributed by atoms with van der Waals surface area (Å²) in [5, 5.41) is 1.78. The molecule has 0 radical (unpaired) electrons. The van der Waals surface area contributed by atoms with Gasteiger partial charge in [-0.2, -0.15) is 4.98 Å². The second kappa shape index (κ2) is 4.80. The van der Waals surface area contributed by atoms with Gasteiger partial charge in [0.05, 0.1) is 6.04 Å². The minimum Gasteiger partial charge on any atom is -0.447 e. The summed E-state index contributed by atoms with van der Waals surface area (Å²) < 4.78 is 6.62. The van der Waals surface area contributed by atoms with Gasteiger partial charge in [-0.05, 0) is 0 Å². The van der Waals surface area contributed by atoms with Gasteiger partial charge in [0.1, 0.15) is 12.3 Å². The molecule has 0 aliphatic carbocycles. The van der Waals surface area contributed by atoms with Gasteiger partial charge < -0.3 is 9.64 Å². The molecule has 2 fully saturated rings. The van der Waals surface area contributed by atoms with E-state index in [2.05, 4.69) is 4.98 Å². The smallest absolute Gasteiger partial charge is 0.410 e. The maximum atomic E-state index is 12.7. The van der Waals surface area contributed by atoms with E-state index >= 15 is 0 Å². The zero-order valence-corrected chi connectivity index (χ0v) is 12.3. The lowest BCUT2D eigenvalue weighted by Gasteiger charge is -2.35. The second-order valence-electron chi connectivity index (χ2n) is 5.21. The van der Waals surface area contributed by atoms with Gasteiger partial charge in [0, 0.05) is 37.3 Å². The molecule has 0 spiro atoms. The van der Waals surface area contributed by atoms with Crippen LogP contribution in [-0.2, 0) is 4.74 Å². The Hall–Kier alpha value is -2.42. The van der Waals surface area contributed by atoms with Crippen molar-refractivity contribution in [2.45, 2.75) is 6.04 Å². The molecule has 2 aliphatic rings. The zero-order chi connectivity index (χ0) is 15.3. The van der Waals surface area contributed by atoms with Crippen molar-refractivity contribution in [1.82, 2.24) is 19.2 Å². The minimum atomic E-state index is -0.427. The van der Waals surface area contributed by atoms with Crippen LogP contribution < -0.4 is 5.56 Å². The van der Waals surface area contributed by atoms with E-state index in [0.717, 1.165) is 0 Å². The molecule has 2 aromatic rings. The first-order valence-corrected chi connectivity index (χ1v) is 7.71. The fourth-order valence-corrected chi connectivity index (χ4v) is 3.57. The fourth-order valence-electron chi connectivity index (χ4n) is 2.85. The predicted molar refractivity (Wildman–Crippen MR) is 77.1 cm³/mol. The van der Waals surface area contributed by atoms with Crippen molar-refractivity contribution < 1.29 is 14.3 Å². The van der Waals surface area contributed by atoms with Crippen molar-refractivity contribution in [1.29, 1.82) is 0 Å². The van der Waals surface area contributed by atoms with Crippen LogP contribution in [0.5, 0.6) is 0 Å². The topological polar surface area (TPSA) is 84.2 Å². The lowest BCUT2D eigenvalue weighted by Crippen LogP contribution is -2.54. The number of thiazole rings is 1. The van der Waals surface area contributed by atoms with E-state index in [1.807, 2.05) is 0 Å². The number of carbonyl (C=O) groups excluding carboxylic acids is 2. The summed E-state index contributed by atoms with van der Waals surface area (Å²) in [6, 6.07) is 1.15. The van der Waals surface area contributed by atoms with E-state index in [4.69, 9.17) is 4.74 Å². The highest BCUT2D eigenvalue weighted by atomic mass is 32.1. The number of ether oxygens (including phenoxy) is 1. The summed E-state index contributed by atoms with van der Waals surface area (Å²) >= 11 is 1.30. The molecule has 9 heteroatoms. The number of amides is 2. The van der Waals surface area contributed by atoms with Gasteiger partial charge in [0.25, 0.3) is 11.5 Å². The van der Waals surface area contributed by atoms with Gasteiger partial charge in [-0.15, -0.1) is 11.3 Å². The fraction of sp³-hybridized carbons (Fsp3) is 0.385. The largest absolute Gasteiger partial charge is 0.447 e. The van der Waals surface area contributed by atoms with Crippen LogP contribution in [0.25, 0.3) is 4.96 Å². The predicted octanol–water partition coefficient (Wildman–Crippen LogP) is 0.0326. The van der Waals surface area contributed by atoms with Crippen LogP contribution in [0.3, 0.4) is 0 Å². The lowest BCUT2D eigenvalue weighted by atomic mass is 10.2. The molecule has 0 N–H and O–H groups in total. The summed E-state index contributed by atoms with van der Waals surface area (Å²) in [5.74, 6) is -0.230. The van der Waals surface area contributed by atoms with Gasteiger partial charge >= 0.3 is 6.09 Å². The third-order valence-electron chi connectivity index (χ3n) is 3.94. The molecule has 0 saturated carbocycles. The van der Waals surface area contributed by atoms with E-state index in [0.29, 0.717) is 36.9 Å². The molecule has 0 aromatic carbocycles. The average molecular weight is 320 g/mol. The van der Waals surface area contributed by atoms with E-state index in [1.165, 1.54) is 17.4 Å². The maximum Gasteiger partial charge on any atom is 0.410 e. The summed E-state index contributed by atoms with van der Waals surface area (Å²) in [5.41, 5.74) is -0.126. The monoisotopic (exact) mass is 320 g/mol. The number of fused-ring (bicyclic) bond motifs is 2. The number of rotatable bonds is 1. The van der Waals surface area contributed by atoms with Crippen LogP contribution >= 0.6 is 11.3 Å². The average Bonchev–Trinajstić information content (AvgIpc) is 3.12. The molecule has 4 rings (SSSR count). The Morgan fingerprint density at radius 1 is 1.36 bits per heavy atom. The Labute approximate surface area is 128 Å². The number of cyclic esters (lactones) is 1. The Kier molecular flexibility index (Phi) is 2.89. The van der Waals surface area contributed by atoms with Gasteiger partial charge in [0.2, 0.25) is 0 Å². The number of aromatic nitrogens is 2. The van der Waals surface area contributed by atoms with E-state index in [9.17, 15) is 14.4 Å². The number of piperazine rings is 1. The molecule has 2 saturated heterocycles. The normalized spacial score (nSPS) is 21.1. The molecule has 1 unspecified atom stereocenters. The molecule has 1 atom stereocenters. The quantitative estimate of drug-likeness (QED) is 0.740. The Bertz CT molecular complexity index is 829. The number of hydrogen-bond donors (Lipinski definition) is 0. The van der Waals surface area contributed by atoms with Crippen LogP contribution in [0.15, 0.2) is 22.4 Å². The maximum absolute atomic E-state index is 12.7. The van der Waals surface area contributed by atoms with Crippen LogP contribution in [0.4, 0.5) is 4.79 Å². The molecule has 8 nitrogen and oxygen atoms in total. The number of nitrogens with zero attached hydrogens (tertiary/aromatic N) is 4. The summed E-state index contributed by atoms with van der Waals surface area (Å²) in [6.07, 6.45) is 1.40. The first-order chi connectivity index (χ1) is 10.6. The van der Waals surface area contributed by atoms with Crippen LogP contribution in [0.1, 0.15) is 10.5 Å². The summed E-state index contributed by atoms with van der Waals surface area (Å²) in [7, 11) is 0.